The Bertz CT molecular complexity index is 1150. The van der Waals surface area contributed by atoms with Crippen molar-refractivity contribution in [2.45, 2.75) is 0 Å². The molecule has 6 nitrogen and oxygen atoms in total. The number of aromatic nitrogens is 3. The van der Waals surface area contributed by atoms with Crippen LogP contribution in [0.1, 0.15) is 10.4 Å². The summed E-state index contributed by atoms with van der Waals surface area (Å²) in [7, 11) is 0. The highest BCUT2D eigenvalue weighted by molar-refractivity contribution is 7.14. The molecule has 0 atom stereocenters. The lowest BCUT2D eigenvalue weighted by Gasteiger charge is -2.06. The number of anilines is 3. The van der Waals surface area contributed by atoms with Crippen molar-refractivity contribution in [3.05, 3.63) is 82.0 Å². The van der Waals surface area contributed by atoms with Gasteiger partial charge in [-0.15, -0.1) is 11.3 Å². The Balaban J connectivity index is 1.44. The Hall–Kier alpha value is -3.00. The number of halogens is 2. The molecular formula is C20H13Cl2N5OS. The molecule has 1 amide bonds. The highest BCUT2D eigenvalue weighted by Crippen LogP contribution is 2.32. The van der Waals surface area contributed by atoms with Crippen LogP contribution >= 0.6 is 34.5 Å². The highest BCUT2D eigenvalue weighted by Gasteiger charge is 2.12. The van der Waals surface area contributed by atoms with Gasteiger partial charge in [0.1, 0.15) is 12.1 Å². The smallest absolute Gasteiger partial charge is 0.257 e. The third-order valence-corrected chi connectivity index (χ3v) is 5.24. The molecule has 4 rings (SSSR count). The van der Waals surface area contributed by atoms with E-state index < -0.39 is 0 Å². The molecule has 4 aromatic rings. The molecule has 0 aliphatic rings. The zero-order valence-corrected chi connectivity index (χ0v) is 17.1. The number of hydrogen-bond donors (Lipinski definition) is 2. The molecular weight excluding hydrogens is 429 g/mol. The maximum atomic E-state index is 12.5. The van der Waals surface area contributed by atoms with Gasteiger partial charge in [0, 0.05) is 33.4 Å². The van der Waals surface area contributed by atoms with Crippen LogP contribution in [-0.4, -0.2) is 20.9 Å². The molecule has 2 N–H and O–H groups in total. The van der Waals surface area contributed by atoms with Crippen molar-refractivity contribution in [3.63, 3.8) is 0 Å². The van der Waals surface area contributed by atoms with Crippen molar-refractivity contribution < 1.29 is 4.79 Å². The van der Waals surface area contributed by atoms with Gasteiger partial charge in [0.2, 0.25) is 0 Å². The van der Waals surface area contributed by atoms with Gasteiger partial charge in [-0.3, -0.25) is 10.1 Å². The number of hydrogen-bond acceptors (Lipinski definition) is 6. The van der Waals surface area contributed by atoms with Gasteiger partial charge in [-0.2, -0.15) is 0 Å². The summed E-state index contributed by atoms with van der Waals surface area (Å²) in [6, 6.07) is 14.0. The summed E-state index contributed by atoms with van der Waals surface area (Å²) in [5.74, 6) is 0.426. The van der Waals surface area contributed by atoms with E-state index in [4.69, 9.17) is 23.2 Å². The van der Waals surface area contributed by atoms with Gasteiger partial charge in [-0.25, -0.2) is 15.0 Å². The molecule has 0 spiro atoms. The Labute approximate surface area is 180 Å². The normalized spacial score (nSPS) is 10.6. The minimum atomic E-state index is -0.248. The SMILES string of the molecule is O=C(Nc1nc(-c2ccc(Cl)cc2Cl)cs1)c1ccc(Nc2ccncn2)cc1. The first-order valence-corrected chi connectivity index (χ1v) is 10.1. The number of rotatable bonds is 5. The molecule has 0 saturated heterocycles. The Morgan fingerprint density at radius 3 is 2.59 bits per heavy atom. The Morgan fingerprint density at radius 1 is 1.03 bits per heavy atom. The second-order valence-electron chi connectivity index (χ2n) is 5.91. The van der Waals surface area contributed by atoms with Gasteiger partial charge < -0.3 is 5.32 Å². The zero-order valence-electron chi connectivity index (χ0n) is 14.8. The van der Waals surface area contributed by atoms with Crippen molar-refractivity contribution in [1.82, 2.24) is 15.0 Å². The van der Waals surface area contributed by atoms with E-state index in [1.165, 1.54) is 17.7 Å². The number of nitrogens with zero attached hydrogens (tertiary/aromatic N) is 3. The summed E-state index contributed by atoms with van der Waals surface area (Å²) in [6.07, 6.45) is 3.11. The number of benzene rings is 2. The molecule has 29 heavy (non-hydrogen) atoms. The molecule has 0 aliphatic carbocycles. The van der Waals surface area contributed by atoms with Crippen molar-refractivity contribution in [2.75, 3.05) is 10.6 Å². The molecule has 0 bridgehead atoms. The van der Waals surface area contributed by atoms with Crippen LogP contribution in [0.5, 0.6) is 0 Å². The number of nitrogens with one attached hydrogen (secondary N) is 2. The molecule has 0 saturated carbocycles. The van der Waals surface area contributed by atoms with Crippen LogP contribution < -0.4 is 10.6 Å². The van der Waals surface area contributed by atoms with Crippen molar-refractivity contribution in [2.24, 2.45) is 0 Å². The van der Waals surface area contributed by atoms with Crippen molar-refractivity contribution in [1.29, 1.82) is 0 Å². The third-order valence-electron chi connectivity index (χ3n) is 3.93. The first-order valence-electron chi connectivity index (χ1n) is 8.44. The molecule has 2 aromatic heterocycles. The van der Waals surface area contributed by atoms with E-state index in [1.807, 2.05) is 5.38 Å². The van der Waals surface area contributed by atoms with Gasteiger partial charge in [0.25, 0.3) is 5.91 Å². The lowest BCUT2D eigenvalue weighted by molar-refractivity contribution is 0.102. The summed E-state index contributed by atoms with van der Waals surface area (Å²) in [5, 5.41) is 9.32. The van der Waals surface area contributed by atoms with E-state index in [1.54, 1.807) is 54.7 Å². The Kier molecular flexibility index (Phi) is 5.71. The van der Waals surface area contributed by atoms with Crippen LogP contribution in [0.4, 0.5) is 16.6 Å². The van der Waals surface area contributed by atoms with E-state index in [2.05, 4.69) is 25.6 Å². The third kappa shape index (κ3) is 4.71. The summed E-state index contributed by atoms with van der Waals surface area (Å²) in [6.45, 7) is 0. The number of thiazole rings is 1. The average molecular weight is 442 g/mol. The molecule has 0 unspecified atom stereocenters. The quantitative estimate of drug-likeness (QED) is 0.402. The molecule has 2 aromatic carbocycles. The van der Waals surface area contributed by atoms with Crippen LogP contribution in [0, 0.1) is 0 Å². The molecule has 144 valence electrons. The first-order chi connectivity index (χ1) is 14.1. The minimum Gasteiger partial charge on any atom is -0.340 e. The molecule has 0 radical (unpaired) electrons. The van der Waals surface area contributed by atoms with Gasteiger partial charge in [-0.1, -0.05) is 23.2 Å². The van der Waals surface area contributed by atoms with Gasteiger partial charge >= 0.3 is 0 Å². The maximum Gasteiger partial charge on any atom is 0.257 e. The molecule has 2 heterocycles. The topological polar surface area (TPSA) is 79.8 Å². The predicted octanol–water partition coefficient (Wildman–Crippen LogP) is 5.90. The van der Waals surface area contributed by atoms with Gasteiger partial charge in [-0.05, 0) is 48.5 Å². The fourth-order valence-corrected chi connectivity index (χ4v) is 3.75. The lowest BCUT2D eigenvalue weighted by Crippen LogP contribution is -2.11. The number of carbonyl (C=O) groups is 1. The van der Waals surface area contributed by atoms with Crippen LogP contribution in [0.3, 0.4) is 0 Å². The van der Waals surface area contributed by atoms with Crippen LogP contribution in [-0.2, 0) is 0 Å². The monoisotopic (exact) mass is 441 g/mol. The van der Waals surface area contributed by atoms with Crippen LogP contribution in [0.15, 0.2) is 66.4 Å². The van der Waals surface area contributed by atoms with E-state index in [-0.39, 0.29) is 5.91 Å². The minimum absolute atomic E-state index is 0.248. The van der Waals surface area contributed by atoms with Crippen molar-refractivity contribution in [3.8, 4) is 11.3 Å². The molecule has 9 heteroatoms. The fraction of sp³-hybridized carbons (Fsp3) is 0. The van der Waals surface area contributed by atoms with Crippen LogP contribution in [0.25, 0.3) is 11.3 Å². The highest BCUT2D eigenvalue weighted by atomic mass is 35.5. The average Bonchev–Trinajstić information content (AvgIpc) is 3.17. The van der Waals surface area contributed by atoms with E-state index in [0.29, 0.717) is 32.3 Å². The second kappa shape index (κ2) is 8.57. The summed E-state index contributed by atoms with van der Waals surface area (Å²) < 4.78 is 0. The Morgan fingerprint density at radius 2 is 1.86 bits per heavy atom. The van der Waals surface area contributed by atoms with E-state index >= 15 is 0 Å². The summed E-state index contributed by atoms with van der Waals surface area (Å²) >= 11 is 13.5. The summed E-state index contributed by atoms with van der Waals surface area (Å²) in [5.41, 5.74) is 2.76. The van der Waals surface area contributed by atoms with Crippen LogP contribution in [0.2, 0.25) is 10.0 Å². The molecule has 0 aliphatic heterocycles. The molecule has 0 fully saturated rings. The van der Waals surface area contributed by atoms with Crippen molar-refractivity contribution >= 4 is 57.1 Å². The van der Waals surface area contributed by atoms with E-state index in [0.717, 1.165) is 11.3 Å². The zero-order chi connectivity index (χ0) is 20.2. The van der Waals surface area contributed by atoms with Gasteiger partial charge in [0.15, 0.2) is 5.13 Å². The predicted molar refractivity (Wildman–Crippen MR) is 117 cm³/mol. The van der Waals surface area contributed by atoms with E-state index in [9.17, 15) is 4.79 Å². The maximum absolute atomic E-state index is 12.5. The fourth-order valence-electron chi connectivity index (χ4n) is 2.54. The summed E-state index contributed by atoms with van der Waals surface area (Å²) in [4.78, 5) is 24.9. The standard InChI is InChI=1S/C20H13Cl2N5OS/c21-13-3-6-15(16(22)9-13)17-10-29-20(26-17)27-19(28)12-1-4-14(5-2-12)25-18-7-8-23-11-24-18/h1-11H,(H,23,24,25)(H,26,27,28). The van der Waals surface area contributed by atoms with Gasteiger partial charge in [0.05, 0.1) is 10.7 Å². The number of carbonyl (C=O) groups excluding carboxylic acids is 1. The first kappa shape index (κ1) is 19.3. The largest absolute Gasteiger partial charge is 0.340 e. The lowest BCUT2D eigenvalue weighted by atomic mass is 10.2. The number of amides is 1. The second-order valence-corrected chi connectivity index (χ2v) is 7.61.